The fourth-order valence-electron chi connectivity index (χ4n) is 0.765. The normalized spacial score (nSPS) is 16.8. The van der Waals surface area contributed by atoms with Crippen LogP contribution in [0.25, 0.3) is 0 Å². The Morgan fingerprint density at radius 1 is 1.20 bits per heavy atom. The van der Waals surface area contributed by atoms with Crippen molar-refractivity contribution in [3.8, 4) is 0 Å². The molecule has 10 heavy (non-hydrogen) atoms. The van der Waals surface area contributed by atoms with Gasteiger partial charge in [-0.3, -0.25) is 0 Å². The van der Waals surface area contributed by atoms with Crippen LogP contribution in [-0.2, 0) is 0 Å². The van der Waals surface area contributed by atoms with Gasteiger partial charge in [-0.1, -0.05) is 6.92 Å². The Bertz CT molecular complexity index is 75.3. The summed E-state index contributed by atoms with van der Waals surface area (Å²) in [7, 11) is 0. The maximum Gasteiger partial charge on any atom is 0.0799 e. The predicted octanol–water partition coefficient (Wildman–Crippen LogP) is -0.109. The van der Waals surface area contributed by atoms with Crippen molar-refractivity contribution in [1.82, 2.24) is 0 Å². The van der Waals surface area contributed by atoms with Crippen LogP contribution < -0.4 is 0 Å². The molecule has 0 amide bonds. The van der Waals surface area contributed by atoms with Crippen LogP contribution in [0, 0.1) is 0 Å². The van der Waals surface area contributed by atoms with Gasteiger partial charge in [0.05, 0.1) is 12.2 Å². The predicted molar refractivity (Wildman–Crippen MR) is 38.6 cm³/mol. The Labute approximate surface area is 61.3 Å². The second-order valence-electron chi connectivity index (χ2n) is 2.41. The first kappa shape index (κ1) is 9.88. The van der Waals surface area contributed by atoms with Crippen molar-refractivity contribution in [2.45, 2.75) is 38.4 Å². The van der Waals surface area contributed by atoms with Crippen LogP contribution >= 0.6 is 0 Å². The van der Waals surface area contributed by atoms with Gasteiger partial charge in [-0.05, 0) is 19.3 Å². The van der Waals surface area contributed by atoms with Crippen molar-refractivity contribution in [3.05, 3.63) is 0 Å². The highest BCUT2D eigenvalue weighted by atomic mass is 16.3. The molecule has 0 aliphatic rings. The summed E-state index contributed by atoms with van der Waals surface area (Å²) in [6, 6.07) is 0. The molecular formula is C7H16O3. The second kappa shape index (κ2) is 5.65. The van der Waals surface area contributed by atoms with E-state index in [1.54, 1.807) is 0 Å². The number of aliphatic hydroxyl groups excluding tert-OH is 3. The summed E-state index contributed by atoms with van der Waals surface area (Å²) in [5, 5.41) is 26.5. The van der Waals surface area contributed by atoms with Gasteiger partial charge in [0.15, 0.2) is 0 Å². The molecule has 0 spiro atoms. The molecule has 0 aliphatic heterocycles. The van der Waals surface area contributed by atoms with Crippen LogP contribution in [0.15, 0.2) is 0 Å². The van der Waals surface area contributed by atoms with E-state index in [0.29, 0.717) is 19.3 Å². The lowest BCUT2D eigenvalue weighted by Gasteiger charge is -2.14. The van der Waals surface area contributed by atoms with E-state index in [2.05, 4.69) is 0 Å². The average molecular weight is 148 g/mol. The van der Waals surface area contributed by atoms with Gasteiger partial charge < -0.3 is 15.3 Å². The molecule has 0 aromatic carbocycles. The molecule has 0 aromatic rings. The monoisotopic (exact) mass is 148 g/mol. The van der Waals surface area contributed by atoms with Gasteiger partial charge in [0.2, 0.25) is 0 Å². The van der Waals surface area contributed by atoms with Crippen molar-refractivity contribution < 1.29 is 15.3 Å². The van der Waals surface area contributed by atoms with E-state index >= 15 is 0 Å². The molecule has 0 aromatic heterocycles. The highest BCUT2D eigenvalue weighted by Crippen LogP contribution is 2.04. The van der Waals surface area contributed by atoms with Crippen molar-refractivity contribution in [3.63, 3.8) is 0 Å². The molecule has 0 bridgehead atoms. The summed E-state index contributed by atoms with van der Waals surface area (Å²) < 4.78 is 0. The molecule has 0 aliphatic carbocycles. The molecule has 0 saturated heterocycles. The summed E-state index contributed by atoms with van der Waals surface area (Å²) >= 11 is 0. The molecule has 3 heteroatoms. The number of rotatable bonds is 5. The maximum atomic E-state index is 9.09. The summed E-state index contributed by atoms with van der Waals surface area (Å²) in [5.74, 6) is 0. The first-order valence-corrected chi connectivity index (χ1v) is 3.69. The van der Waals surface area contributed by atoms with E-state index in [4.69, 9.17) is 15.3 Å². The molecule has 0 unspecified atom stereocenters. The minimum absolute atomic E-state index is 0.0769. The van der Waals surface area contributed by atoms with Crippen LogP contribution in [-0.4, -0.2) is 34.1 Å². The van der Waals surface area contributed by atoms with Gasteiger partial charge in [-0.2, -0.15) is 0 Å². The van der Waals surface area contributed by atoms with Crippen LogP contribution in [0.4, 0.5) is 0 Å². The lowest BCUT2D eigenvalue weighted by atomic mass is 10.1. The van der Waals surface area contributed by atoms with E-state index in [1.807, 2.05) is 6.92 Å². The number of hydrogen-bond acceptors (Lipinski definition) is 3. The third-order valence-corrected chi connectivity index (χ3v) is 1.52. The lowest BCUT2D eigenvalue weighted by molar-refractivity contribution is 0.00936. The van der Waals surface area contributed by atoms with Crippen molar-refractivity contribution in [2.75, 3.05) is 6.61 Å². The van der Waals surface area contributed by atoms with E-state index < -0.39 is 12.2 Å². The maximum absolute atomic E-state index is 9.09. The van der Waals surface area contributed by atoms with Gasteiger partial charge in [-0.15, -0.1) is 0 Å². The molecular weight excluding hydrogens is 132 g/mol. The molecule has 2 atom stereocenters. The van der Waals surface area contributed by atoms with Crippen molar-refractivity contribution >= 4 is 0 Å². The second-order valence-corrected chi connectivity index (χ2v) is 2.41. The first-order chi connectivity index (χ1) is 4.72. The molecule has 0 saturated carbocycles. The summed E-state index contributed by atoms with van der Waals surface area (Å²) in [5.41, 5.74) is 0. The Morgan fingerprint density at radius 3 is 2.20 bits per heavy atom. The van der Waals surface area contributed by atoms with E-state index in [0.717, 1.165) is 0 Å². The highest BCUT2D eigenvalue weighted by Gasteiger charge is 2.12. The zero-order chi connectivity index (χ0) is 7.98. The zero-order valence-electron chi connectivity index (χ0n) is 6.32. The molecule has 0 rings (SSSR count). The highest BCUT2D eigenvalue weighted by molar-refractivity contribution is 4.64. The number of hydrogen-bond donors (Lipinski definition) is 3. The molecule has 0 heterocycles. The van der Waals surface area contributed by atoms with Crippen LogP contribution in [0.3, 0.4) is 0 Å². The summed E-state index contributed by atoms with van der Waals surface area (Å²) in [4.78, 5) is 0. The van der Waals surface area contributed by atoms with E-state index in [9.17, 15) is 0 Å². The fraction of sp³-hybridized carbons (Fsp3) is 1.00. The minimum atomic E-state index is -0.669. The van der Waals surface area contributed by atoms with Crippen LogP contribution in [0.2, 0.25) is 0 Å². The van der Waals surface area contributed by atoms with Crippen LogP contribution in [0.5, 0.6) is 0 Å². The van der Waals surface area contributed by atoms with Gasteiger partial charge in [0.1, 0.15) is 0 Å². The van der Waals surface area contributed by atoms with E-state index in [1.165, 1.54) is 0 Å². The van der Waals surface area contributed by atoms with Gasteiger partial charge in [-0.25, -0.2) is 0 Å². The third-order valence-electron chi connectivity index (χ3n) is 1.52. The topological polar surface area (TPSA) is 60.7 Å². The summed E-state index contributed by atoms with van der Waals surface area (Å²) in [6.45, 7) is 1.89. The third kappa shape index (κ3) is 3.82. The van der Waals surface area contributed by atoms with Crippen LogP contribution in [0.1, 0.15) is 26.2 Å². The Kier molecular flexibility index (Phi) is 5.58. The summed E-state index contributed by atoms with van der Waals surface area (Å²) in [6.07, 6.45) is 0.291. The number of aliphatic hydroxyl groups is 3. The lowest BCUT2D eigenvalue weighted by Crippen LogP contribution is -2.24. The molecule has 0 radical (unpaired) electrons. The van der Waals surface area contributed by atoms with E-state index in [-0.39, 0.29) is 6.61 Å². The molecule has 62 valence electrons. The first-order valence-electron chi connectivity index (χ1n) is 3.69. The molecule has 0 fully saturated rings. The quantitative estimate of drug-likeness (QED) is 0.510. The van der Waals surface area contributed by atoms with Crippen molar-refractivity contribution in [1.29, 1.82) is 0 Å². The zero-order valence-corrected chi connectivity index (χ0v) is 6.32. The minimum Gasteiger partial charge on any atom is -0.396 e. The van der Waals surface area contributed by atoms with Gasteiger partial charge in [0.25, 0.3) is 0 Å². The molecule has 3 nitrogen and oxygen atoms in total. The standard InChI is InChI=1S/C7H16O3/c1-2-6(9)7(10)4-3-5-8/h6-10H,2-5H2,1H3/t6-,7+/m0/s1. The Hall–Kier alpha value is -0.120. The largest absolute Gasteiger partial charge is 0.396 e. The van der Waals surface area contributed by atoms with Gasteiger partial charge in [0, 0.05) is 6.61 Å². The smallest absolute Gasteiger partial charge is 0.0799 e. The fourth-order valence-corrected chi connectivity index (χ4v) is 0.765. The Morgan fingerprint density at radius 2 is 1.80 bits per heavy atom. The van der Waals surface area contributed by atoms with Crippen molar-refractivity contribution in [2.24, 2.45) is 0 Å². The molecule has 3 N–H and O–H groups in total. The van der Waals surface area contributed by atoms with Gasteiger partial charge >= 0.3 is 0 Å². The SMILES string of the molecule is CC[C@H](O)[C@H](O)CCCO. The Balaban J connectivity index is 3.31. The average Bonchev–Trinajstić information content (AvgIpc) is 1.98.